The van der Waals surface area contributed by atoms with Gasteiger partial charge in [0.15, 0.2) is 9.84 Å². The van der Waals surface area contributed by atoms with E-state index in [0.717, 1.165) is 0 Å². The Kier molecular flexibility index (Phi) is 2.90. The lowest BCUT2D eigenvalue weighted by molar-refractivity contribution is 0.00323. The fourth-order valence-electron chi connectivity index (χ4n) is 2.55. The number of nitrogens with zero attached hydrogens (tertiary/aromatic N) is 1. The Hall–Kier alpha value is -0.820. The molecule has 2 saturated heterocycles. The molecular formula is C11H20N2O4S. The maximum atomic E-state index is 12.0. The molecular weight excluding hydrogens is 256 g/mol. The fourth-order valence-corrected chi connectivity index (χ4v) is 4.76. The van der Waals surface area contributed by atoms with Crippen molar-refractivity contribution in [2.45, 2.75) is 43.6 Å². The van der Waals surface area contributed by atoms with E-state index in [2.05, 4.69) is 0 Å². The second-order valence-electron chi connectivity index (χ2n) is 6.27. The van der Waals surface area contributed by atoms with Gasteiger partial charge in [-0.2, -0.15) is 0 Å². The van der Waals surface area contributed by atoms with Gasteiger partial charge in [0.25, 0.3) is 0 Å². The van der Waals surface area contributed by atoms with Gasteiger partial charge in [-0.05, 0) is 27.2 Å². The number of hydrogen-bond donors (Lipinski definition) is 1. The number of sulfone groups is 1. The Balaban J connectivity index is 2.00. The number of carbonyl (C=O) groups excluding carboxylic acids is 1. The van der Waals surface area contributed by atoms with E-state index >= 15 is 0 Å². The van der Waals surface area contributed by atoms with E-state index < -0.39 is 26.3 Å². The maximum absolute atomic E-state index is 12.0. The number of likely N-dealkylation sites (tertiary alicyclic amines) is 1. The molecule has 0 unspecified atom stereocenters. The van der Waals surface area contributed by atoms with Crippen LogP contribution in [-0.4, -0.2) is 54.6 Å². The summed E-state index contributed by atoms with van der Waals surface area (Å²) in [5, 5.41) is 0. The van der Waals surface area contributed by atoms with Crippen LogP contribution < -0.4 is 5.73 Å². The first kappa shape index (κ1) is 13.6. The Morgan fingerprint density at radius 2 is 1.94 bits per heavy atom. The highest BCUT2D eigenvalue weighted by Gasteiger charge is 2.59. The van der Waals surface area contributed by atoms with Crippen LogP contribution in [0.5, 0.6) is 0 Å². The fraction of sp³-hybridized carbons (Fsp3) is 0.909. The number of hydrogen-bond acceptors (Lipinski definition) is 5. The zero-order valence-electron chi connectivity index (χ0n) is 11.0. The average molecular weight is 276 g/mol. The minimum atomic E-state index is -3.18. The van der Waals surface area contributed by atoms with Gasteiger partial charge in [0.05, 0.1) is 5.75 Å². The average Bonchev–Trinajstić information content (AvgIpc) is 2.28. The molecule has 104 valence electrons. The topological polar surface area (TPSA) is 89.7 Å². The van der Waals surface area contributed by atoms with Gasteiger partial charge >= 0.3 is 6.09 Å². The van der Waals surface area contributed by atoms with Gasteiger partial charge in [0, 0.05) is 19.1 Å². The van der Waals surface area contributed by atoms with E-state index in [0.29, 0.717) is 6.42 Å². The summed E-state index contributed by atoms with van der Waals surface area (Å²) in [7, 11) is -3.18. The molecule has 7 heteroatoms. The number of rotatable bonds is 0. The van der Waals surface area contributed by atoms with Gasteiger partial charge in [0.1, 0.15) is 10.3 Å². The van der Waals surface area contributed by atoms with Gasteiger partial charge < -0.3 is 15.4 Å². The molecule has 0 aliphatic carbocycles. The van der Waals surface area contributed by atoms with Gasteiger partial charge in [-0.3, -0.25) is 0 Å². The van der Waals surface area contributed by atoms with Crippen LogP contribution >= 0.6 is 0 Å². The van der Waals surface area contributed by atoms with Crippen molar-refractivity contribution in [2.75, 3.05) is 18.8 Å². The lowest BCUT2D eigenvalue weighted by atomic mass is 9.93. The molecule has 0 aromatic rings. The quantitative estimate of drug-likeness (QED) is 0.679. The third-order valence-electron chi connectivity index (χ3n) is 3.34. The first-order valence-electron chi connectivity index (χ1n) is 6.01. The van der Waals surface area contributed by atoms with Crippen LogP contribution in [0.25, 0.3) is 0 Å². The van der Waals surface area contributed by atoms with Crippen LogP contribution in [-0.2, 0) is 14.6 Å². The van der Waals surface area contributed by atoms with Crippen molar-refractivity contribution in [1.29, 1.82) is 0 Å². The maximum Gasteiger partial charge on any atom is 0.410 e. The van der Waals surface area contributed by atoms with Crippen molar-refractivity contribution >= 4 is 15.9 Å². The highest BCUT2D eigenvalue weighted by Crippen LogP contribution is 2.40. The molecule has 2 rings (SSSR count). The van der Waals surface area contributed by atoms with Crippen LogP contribution in [0.1, 0.15) is 27.2 Å². The van der Waals surface area contributed by atoms with Gasteiger partial charge in [-0.1, -0.05) is 0 Å². The summed E-state index contributed by atoms with van der Waals surface area (Å²) < 4.78 is 28.3. The molecule has 1 atom stereocenters. The van der Waals surface area contributed by atoms with E-state index in [-0.39, 0.29) is 24.9 Å². The molecule has 2 aliphatic rings. The summed E-state index contributed by atoms with van der Waals surface area (Å²) >= 11 is 0. The lowest BCUT2D eigenvalue weighted by Crippen LogP contribution is -2.66. The molecule has 0 aromatic carbocycles. The number of ether oxygens (including phenoxy) is 1. The molecule has 0 radical (unpaired) electrons. The second kappa shape index (κ2) is 3.84. The lowest BCUT2D eigenvalue weighted by Gasteiger charge is -2.46. The molecule has 0 saturated carbocycles. The minimum Gasteiger partial charge on any atom is -0.444 e. The third kappa shape index (κ3) is 2.21. The predicted molar refractivity (Wildman–Crippen MR) is 66.9 cm³/mol. The zero-order valence-corrected chi connectivity index (χ0v) is 11.8. The standard InChI is InChI=1S/C11H20N2O4S/c1-10(2,3)17-9(14)13-6-11(7-13)4-8(12)5-18(11,15)16/h8H,4-7,12H2,1-3H3/t8-/m1/s1. The van der Waals surface area contributed by atoms with Crippen LogP contribution in [0, 0.1) is 0 Å². The van der Waals surface area contributed by atoms with Gasteiger partial charge in [-0.25, -0.2) is 13.2 Å². The van der Waals surface area contributed by atoms with E-state index in [1.54, 1.807) is 20.8 Å². The van der Waals surface area contributed by atoms with Crippen LogP contribution in [0.2, 0.25) is 0 Å². The molecule has 0 bridgehead atoms. The highest BCUT2D eigenvalue weighted by molar-refractivity contribution is 7.93. The largest absolute Gasteiger partial charge is 0.444 e. The van der Waals surface area contributed by atoms with Gasteiger partial charge in [-0.15, -0.1) is 0 Å². The van der Waals surface area contributed by atoms with Crippen LogP contribution in [0.4, 0.5) is 4.79 Å². The first-order valence-corrected chi connectivity index (χ1v) is 7.66. The highest BCUT2D eigenvalue weighted by atomic mass is 32.2. The summed E-state index contributed by atoms with van der Waals surface area (Å²) in [6.07, 6.45) is -0.0157. The molecule has 2 aliphatic heterocycles. The molecule has 2 heterocycles. The van der Waals surface area contributed by atoms with Crippen molar-refractivity contribution < 1.29 is 17.9 Å². The van der Waals surface area contributed by atoms with Crippen molar-refractivity contribution in [3.05, 3.63) is 0 Å². The Morgan fingerprint density at radius 1 is 1.39 bits per heavy atom. The SMILES string of the molecule is CC(C)(C)OC(=O)N1CC2(C[C@@H](N)CS2(=O)=O)C1. The van der Waals surface area contributed by atoms with E-state index in [1.165, 1.54) is 4.90 Å². The Bertz CT molecular complexity index is 460. The molecule has 18 heavy (non-hydrogen) atoms. The number of carbonyl (C=O) groups is 1. The molecule has 2 N–H and O–H groups in total. The van der Waals surface area contributed by atoms with Crippen LogP contribution in [0.3, 0.4) is 0 Å². The summed E-state index contributed by atoms with van der Waals surface area (Å²) in [6.45, 7) is 5.75. The van der Waals surface area contributed by atoms with Crippen molar-refractivity contribution in [1.82, 2.24) is 4.90 Å². The van der Waals surface area contributed by atoms with E-state index in [1.807, 2.05) is 0 Å². The normalized spacial score (nSPS) is 29.1. The van der Waals surface area contributed by atoms with Crippen molar-refractivity contribution in [2.24, 2.45) is 5.73 Å². The molecule has 6 nitrogen and oxygen atoms in total. The summed E-state index contributed by atoms with van der Waals surface area (Å²) in [5.74, 6) is 0.0230. The van der Waals surface area contributed by atoms with Gasteiger partial charge in [0.2, 0.25) is 0 Å². The van der Waals surface area contributed by atoms with Crippen molar-refractivity contribution in [3.8, 4) is 0 Å². The smallest absolute Gasteiger partial charge is 0.410 e. The van der Waals surface area contributed by atoms with Crippen LogP contribution in [0.15, 0.2) is 0 Å². The minimum absolute atomic E-state index is 0.0230. The molecule has 1 amide bonds. The number of amides is 1. The molecule has 2 fully saturated rings. The summed E-state index contributed by atoms with van der Waals surface area (Å²) in [5.41, 5.74) is 5.14. The second-order valence-corrected chi connectivity index (χ2v) is 8.69. The molecule has 1 spiro atoms. The predicted octanol–water partition coefficient (Wildman–Crippen LogP) is 0.122. The zero-order chi connectivity index (χ0) is 13.8. The Morgan fingerprint density at radius 3 is 2.33 bits per heavy atom. The monoisotopic (exact) mass is 276 g/mol. The number of nitrogens with two attached hydrogens (primary N) is 1. The first-order chi connectivity index (χ1) is 8.05. The van der Waals surface area contributed by atoms with E-state index in [9.17, 15) is 13.2 Å². The summed E-state index contributed by atoms with van der Waals surface area (Å²) in [4.78, 5) is 13.2. The Labute approximate surface area is 107 Å². The van der Waals surface area contributed by atoms with E-state index in [4.69, 9.17) is 10.5 Å². The molecule has 0 aromatic heterocycles. The summed E-state index contributed by atoms with van der Waals surface area (Å²) in [6, 6.07) is -0.309. The van der Waals surface area contributed by atoms with Crippen molar-refractivity contribution in [3.63, 3.8) is 0 Å². The third-order valence-corrected chi connectivity index (χ3v) is 5.95.